The molecule has 6 heteroatoms. The van der Waals surface area contributed by atoms with Gasteiger partial charge in [-0.1, -0.05) is 18.2 Å². The summed E-state index contributed by atoms with van der Waals surface area (Å²) in [5.41, 5.74) is 2.24. The largest absolute Gasteiger partial charge is 0.444 e. The number of ether oxygens (including phenoxy) is 1. The van der Waals surface area contributed by atoms with E-state index in [1.807, 2.05) is 56.0 Å². The molecular formula is C25H33N3O3. The van der Waals surface area contributed by atoms with Gasteiger partial charge in [-0.15, -0.1) is 0 Å². The van der Waals surface area contributed by atoms with Crippen LogP contribution < -0.4 is 0 Å². The maximum absolute atomic E-state index is 13.4. The number of piperidine rings is 1. The smallest absolute Gasteiger partial charge is 0.410 e. The molecule has 1 saturated carbocycles. The number of carbonyl (C=O) groups excluding carboxylic acids is 2. The number of likely N-dealkylation sites (tertiary alicyclic amines) is 1. The number of hydrogen-bond donors (Lipinski definition) is 0. The first-order valence-corrected chi connectivity index (χ1v) is 11.3. The molecule has 166 valence electrons. The van der Waals surface area contributed by atoms with Gasteiger partial charge in [0.25, 0.3) is 5.91 Å². The minimum Gasteiger partial charge on any atom is -0.444 e. The van der Waals surface area contributed by atoms with E-state index >= 15 is 0 Å². The molecule has 0 atom stereocenters. The predicted octanol–water partition coefficient (Wildman–Crippen LogP) is 4.83. The molecule has 1 aliphatic heterocycles. The Hall–Kier alpha value is -2.63. The van der Waals surface area contributed by atoms with Gasteiger partial charge in [-0.25, -0.2) is 4.79 Å². The fourth-order valence-electron chi connectivity index (χ4n) is 4.25. The van der Waals surface area contributed by atoms with Crippen LogP contribution in [0.5, 0.6) is 0 Å². The Morgan fingerprint density at radius 2 is 1.81 bits per heavy atom. The molecule has 31 heavy (non-hydrogen) atoms. The van der Waals surface area contributed by atoms with Crippen molar-refractivity contribution >= 4 is 22.9 Å². The molecule has 2 aromatic rings. The summed E-state index contributed by atoms with van der Waals surface area (Å²) in [4.78, 5) is 34.1. The van der Waals surface area contributed by atoms with E-state index in [9.17, 15) is 9.59 Å². The first kappa shape index (κ1) is 21.6. The summed E-state index contributed by atoms with van der Waals surface area (Å²) in [6, 6.07) is 9.96. The zero-order valence-electron chi connectivity index (χ0n) is 19.1. The Labute approximate surface area is 184 Å². The quantitative estimate of drug-likeness (QED) is 0.706. The molecule has 2 heterocycles. The lowest BCUT2D eigenvalue weighted by atomic mass is 9.95. The zero-order valence-corrected chi connectivity index (χ0v) is 19.1. The van der Waals surface area contributed by atoms with Crippen LogP contribution in [0, 0.1) is 5.92 Å². The van der Waals surface area contributed by atoms with Crippen LogP contribution in [0.2, 0.25) is 0 Å². The van der Waals surface area contributed by atoms with Crippen LogP contribution in [0.25, 0.3) is 10.9 Å². The summed E-state index contributed by atoms with van der Waals surface area (Å²) < 4.78 is 5.45. The second kappa shape index (κ2) is 8.48. The second-order valence-corrected chi connectivity index (χ2v) is 9.98. The van der Waals surface area contributed by atoms with Crippen LogP contribution in [0.4, 0.5) is 4.79 Å². The van der Waals surface area contributed by atoms with Crippen molar-refractivity contribution in [3.63, 3.8) is 0 Å². The second-order valence-electron chi connectivity index (χ2n) is 9.98. The normalized spacial score (nSPS) is 17.6. The molecule has 1 aliphatic carbocycles. The Morgan fingerprint density at radius 1 is 1.13 bits per heavy atom. The van der Waals surface area contributed by atoms with Crippen molar-refractivity contribution in [2.45, 2.75) is 58.0 Å². The van der Waals surface area contributed by atoms with Crippen LogP contribution in [-0.4, -0.2) is 59.1 Å². The van der Waals surface area contributed by atoms with Gasteiger partial charge in [0, 0.05) is 43.7 Å². The van der Waals surface area contributed by atoms with Gasteiger partial charge in [0.15, 0.2) is 0 Å². The monoisotopic (exact) mass is 423 g/mol. The number of para-hydroxylation sites is 1. The molecule has 6 nitrogen and oxygen atoms in total. The minimum atomic E-state index is -0.492. The Bertz CT molecular complexity index is 970. The average Bonchev–Trinajstić information content (AvgIpc) is 3.57. The van der Waals surface area contributed by atoms with Gasteiger partial charge < -0.3 is 14.5 Å². The van der Waals surface area contributed by atoms with Crippen molar-refractivity contribution in [3.05, 3.63) is 41.6 Å². The zero-order chi connectivity index (χ0) is 22.2. The number of rotatable bonds is 4. The summed E-state index contributed by atoms with van der Waals surface area (Å²) in [6.45, 7) is 7.70. The number of carbonyl (C=O) groups is 2. The van der Waals surface area contributed by atoms with Gasteiger partial charge in [-0.05, 0) is 64.5 Å². The lowest BCUT2D eigenvalue weighted by molar-refractivity contribution is 0.0246. The topological polar surface area (TPSA) is 62.7 Å². The van der Waals surface area contributed by atoms with Crippen LogP contribution in [0.1, 0.15) is 68.4 Å². The van der Waals surface area contributed by atoms with E-state index < -0.39 is 5.60 Å². The average molecular weight is 424 g/mol. The fraction of sp³-hybridized carbons (Fsp3) is 0.560. The van der Waals surface area contributed by atoms with E-state index in [4.69, 9.17) is 9.72 Å². The molecule has 0 spiro atoms. The highest BCUT2D eigenvalue weighted by Gasteiger charge is 2.30. The standard InChI is InChI=1S/C25H33N3O3/c1-25(2,3)31-24(30)27(4)16-17-11-13-28(14-12-17)23(29)20-15-22(18-9-10-18)26-21-8-6-5-7-19(20)21/h5-8,15,17-18H,9-14,16H2,1-4H3. The molecule has 2 aliphatic rings. The van der Waals surface area contributed by atoms with E-state index in [1.54, 1.807) is 11.9 Å². The SMILES string of the molecule is CN(CC1CCN(C(=O)c2cc(C3CC3)nc3ccccc23)CC1)C(=O)OC(C)(C)C. The molecule has 2 fully saturated rings. The maximum atomic E-state index is 13.4. The predicted molar refractivity (Wildman–Crippen MR) is 121 cm³/mol. The van der Waals surface area contributed by atoms with E-state index in [-0.39, 0.29) is 12.0 Å². The number of fused-ring (bicyclic) bond motifs is 1. The molecule has 0 radical (unpaired) electrons. The van der Waals surface area contributed by atoms with Crippen LogP contribution >= 0.6 is 0 Å². The molecule has 2 amide bonds. The molecule has 0 N–H and O–H groups in total. The summed E-state index contributed by atoms with van der Waals surface area (Å²) in [5, 5.41) is 0.934. The molecule has 1 saturated heterocycles. The molecule has 1 aromatic carbocycles. The van der Waals surface area contributed by atoms with Crippen molar-refractivity contribution in [1.29, 1.82) is 0 Å². The van der Waals surface area contributed by atoms with Gasteiger partial charge in [0.2, 0.25) is 0 Å². The number of aromatic nitrogens is 1. The summed E-state index contributed by atoms with van der Waals surface area (Å²) in [6.07, 6.45) is 3.81. The third-order valence-electron chi connectivity index (χ3n) is 6.10. The summed E-state index contributed by atoms with van der Waals surface area (Å²) in [7, 11) is 1.79. The van der Waals surface area contributed by atoms with Gasteiger partial charge in [0.05, 0.1) is 11.1 Å². The van der Waals surface area contributed by atoms with Crippen molar-refractivity contribution in [1.82, 2.24) is 14.8 Å². The third-order valence-corrected chi connectivity index (χ3v) is 6.10. The molecular weight excluding hydrogens is 390 g/mol. The fourth-order valence-corrected chi connectivity index (χ4v) is 4.25. The van der Waals surface area contributed by atoms with E-state index in [1.165, 1.54) is 0 Å². The molecule has 0 unspecified atom stereocenters. The van der Waals surface area contributed by atoms with Crippen molar-refractivity contribution < 1.29 is 14.3 Å². The molecule has 1 aromatic heterocycles. The van der Waals surface area contributed by atoms with E-state index in [0.29, 0.717) is 31.5 Å². The van der Waals surface area contributed by atoms with Crippen molar-refractivity contribution in [3.8, 4) is 0 Å². The van der Waals surface area contributed by atoms with Crippen LogP contribution in [0.15, 0.2) is 30.3 Å². The van der Waals surface area contributed by atoms with E-state index in [0.717, 1.165) is 47.8 Å². The first-order chi connectivity index (χ1) is 14.7. The number of pyridine rings is 1. The van der Waals surface area contributed by atoms with Gasteiger partial charge in [0.1, 0.15) is 5.60 Å². The maximum Gasteiger partial charge on any atom is 0.410 e. The number of hydrogen-bond acceptors (Lipinski definition) is 4. The first-order valence-electron chi connectivity index (χ1n) is 11.3. The number of benzene rings is 1. The Kier molecular flexibility index (Phi) is 5.91. The van der Waals surface area contributed by atoms with Crippen molar-refractivity contribution in [2.24, 2.45) is 5.92 Å². The highest BCUT2D eigenvalue weighted by molar-refractivity contribution is 6.06. The van der Waals surface area contributed by atoms with Gasteiger partial charge >= 0.3 is 6.09 Å². The van der Waals surface area contributed by atoms with Gasteiger partial charge in [-0.2, -0.15) is 0 Å². The highest BCUT2D eigenvalue weighted by Crippen LogP contribution is 2.40. The number of nitrogens with zero attached hydrogens (tertiary/aromatic N) is 3. The van der Waals surface area contributed by atoms with E-state index in [2.05, 4.69) is 0 Å². The Balaban J connectivity index is 1.40. The molecule has 0 bridgehead atoms. The van der Waals surface area contributed by atoms with Crippen LogP contribution in [0.3, 0.4) is 0 Å². The lowest BCUT2D eigenvalue weighted by Gasteiger charge is -2.34. The third kappa shape index (κ3) is 5.17. The summed E-state index contributed by atoms with van der Waals surface area (Å²) in [5.74, 6) is 0.975. The minimum absolute atomic E-state index is 0.0967. The molecule has 4 rings (SSSR count). The highest BCUT2D eigenvalue weighted by atomic mass is 16.6. The van der Waals surface area contributed by atoms with Gasteiger partial charge in [-0.3, -0.25) is 9.78 Å². The lowest BCUT2D eigenvalue weighted by Crippen LogP contribution is -2.43. The van der Waals surface area contributed by atoms with Crippen LogP contribution in [-0.2, 0) is 4.74 Å². The van der Waals surface area contributed by atoms with Crippen molar-refractivity contribution in [2.75, 3.05) is 26.7 Å². The Morgan fingerprint density at radius 3 is 2.45 bits per heavy atom. The number of amides is 2. The summed E-state index contributed by atoms with van der Waals surface area (Å²) >= 11 is 0.